The minimum Gasteiger partial charge on any atom is -0.481 e. The lowest BCUT2D eigenvalue weighted by Gasteiger charge is -2.13. The summed E-state index contributed by atoms with van der Waals surface area (Å²) >= 11 is 0. The molecule has 0 aromatic carbocycles. The second-order valence-corrected chi connectivity index (χ2v) is 6.47. The van der Waals surface area contributed by atoms with Gasteiger partial charge in [-0.1, -0.05) is 0 Å². The van der Waals surface area contributed by atoms with Crippen LogP contribution < -0.4 is 5.32 Å². The van der Waals surface area contributed by atoms with E-state index in [-0.39, 0.29) is 16.2 Å². The summed E-state index contributed by atoms with van der Waals surface area (Å²) in [5.41, 5.74) is 0. The predicted molar refractivity (Wildman–Crippen MR) is 68.5 cm³/mol. The first kappa shape index (κ1) is 16.3. The van der Waals surface area contributed by atoms with E-state index >= 15 is 0 Å². The maximum absolute atomic E-state index is 10.9. The van der Waals surface area contributed by atoms with E-state index in [0.29, 0.717) is 19.4 Å². The molecule has 0 bridgehead atoms. The lowest BCUT2D eigenvalue weighted by Crippen LogP contribution is -2.37. The first-order valence-corrected chi connectivity index (χ1v) is 7.70. The number of carboxylic acids is 2. The molecule has 1 radical (unpaired) electrons. The second kappa shape index (κ2) is 10.4. The van der Waals surface area contributed by atoms with Crippen LogP contribution in [0, 0.1) is 0 Å². The molecular formula is C9H20NO5Si2. The Kier molecular flexibility index (Phi) is 10.0. The molecular weight excluding hydrogens is 258 g/mol. The summed E-state index contributed by atoms with van der Waals surface area (Å²) in [6, 6.07) is 0.360. The van der Waals surface area contributed by atoms with Gasteiger partial charge in [0, 0.05) is 6.42 Å². The Morgan fingerprint density at radius 1 is 1.35 bits per heavy atom. The molecule has 1 atom stereocenters. The van der Waals surface area contributed by atoms with Crippen molar-refractivity contribution in [1.29, 1.82) is 0 Å². The molecule has 8 heteroatoms. The molecule has 0 rings (SSSR count). The number of aliphatic carboxylic acids is 2. The molecule has 17 heavy (non-hydrogen) atoms. The standard InChI is InChI=1S/C9H20NO5Si2/c11-8(12)4-1-3-7(9(13)14)10-5-2-6-17-15-16/h7,10,17H,1-6H2,16H3,(H,11,12)(H,13,14). The lowest BCUT2D eigenvalue weighted by molar-refractivity contribution is -0.141. The van der Waals surface area contributed by atoms with Gasteiger partial charge in [-0.3, -0.25) is 9.59 Å². The number of hydrogen-bond acceptors (Lipinski definition) is 4. The number of rotatable bonds is 11. The molecule has 0 fully saturated rings. The topological polar surface area (TPSA) is 95.9 Å². The molecule has 0 saturated heterocycles. The van der Waals surface area contributed by atoms with Gasteiger partial charge in [0.1, 0.15) is 16.5 Å². The fourth-order valence-electron chi connectivity index (χ4n) is 1.35. The third kappa shape index (κ3) is 10.2. The molecule has 0 aromatic heterocycles. The smallest absolute Gasteiger partial charge is 0.320 e. The van der Waals surface area contributed by atoms with Crippen LogP contribution in [0.25, 0.3) is 0 Å². The first-order chi connectivity index (χ1) is 8.07. The van der Waals surface area contributed by atoms with Gasteiger partial charge in [-0.05, 0) is 31.9 Å². The van der Waals surface area contributed by atoms with Gasteiger partial charge >= 0.3 is 11.9 Å². The quantitative estimate of drug-likeness (QED) is 0.322. The van der Waals surface area contributed by atoms with Gasteiger partial charge in [0.15, 0.2) is 9.76 Å². The Morgan fingerprint density at radius 3 is 2.59 bits per heavy atom. The monoisotopic (exact) mass is 278 g/mol. The average Bonchev–Trinajstić information content (AvgIpc) is 2.25. The normalized spacial score (nSPS) is 12.5. The van der Waals surface area contributed by atoms with Crippen molar-refractivity contribution in [2.45, 2.75) is 37.8 Å². The first-order valence-electron chi connectivity index (χ1n) is 5.60. The van der Waals surface area contributed by atoms with Gasteiger partial charge in [-0.2, -0.15) is 0 Å². The zero-order valence-corrected chi connectivity index (χ0v) is 13.2. The summed E-state index contributed by atoms with van der Waals surface area (Å²) in [7, 11) is 0.835. The Balaban J connectivity index is 3.67. The second-order valence-electron chi connectivity index (χ2n) is 3.68. The van der Waals surface area contributed by atoms with Crippen LogP contribution in [-0.4, -0.2) is 55.0 Å². The molecule has 0 heterocycles. The van der Waals surface area contributed by atoms with Crippen molar-refractivity contribution in [1.82, 2.24) is 5.32 Å². The Bertz CT molecular complexity index is 239. The van der Waals surface area contributed by atoms with Crippen LogP contribution in [0.3, 0.4) is 0 Å². The van der Waals surface area contributed by atoms with Crippen molar-refractivity contribution in [3.63, 3.8) is 0 Å². The maximum Gasteiger partial charge on any atom is 0.320 e. The molecule has 1 unspecified atom stereocenters. The number of carboxylic acid groups (broad SMARTS) is 2. The van der Waals surface area contributed by atoms with Gasteiger partial charge in [0.05, 0.1) is 0 Å². The minimum atomic E-state index is -0.915. The van der Waals surface area contributed by atoms with E-state index in [9.17, 15) is 9.59 Å². The SMILES string of the molecule is O=C(O)CCCC(NCCC[SiH]O[SiH3])C(=O)O. The maximum atomic E-state index is 10.9. The fourth-order valence-corrected chi connectivity index (χ4v) is 2.66. The van der Waals surface area contributed by atoms with Crippen molar-refractivity contribution < 1.29 is 23.9 Å². The van der Waals surface area contributed by atoms with Crippen LogP contribution in [0.1, 0.15) is 25.7 Å². The molecule has 0 aliphatic rings. The predicted octanol–water partition coefficient (Wildman–Crippen LogP) is -1.26. The Labute approximate surface area is 106 Å². The van der Waals surface area contributed by atoms with Gasteiger partial charge in [-0.15, -0.1) is 0 Å². The largest absolute Gasteiger partial charge is 0.481 e. The summed E-state index contributed by atoms with van der Waals surface area (Å²) in [4.78, 5) is 21.2. The van der Waals surface area contributed by atoms with Crippen LogP contribution in [0.5, 0.6) is 0 Å². The highest BCUT2D eigenvalue weighted by Crippen LogP contribution is 2.02. The van der Waals surface area contributed by atoms with Crippen LogP contribution in [0.4, 0.5) is 0 Å². The van der Waals surface area contributed by atoms with Gasteiger partial charge < -0.3 is 19.6 Å². The van der Waals surface area contributed by atoms with E-state index in [4.69, 9.17) is 14.3 Å². The van der Waals surface area contributed by atoms with Crippen LogP contribution in [0.2, 0.25) is 6.04 Å². The molecule has 0 aliphatic carbocycles. The Hall–Kier alpha value is -0.706. The van der Waals surface area contributed by atoms with E-state index in [0.717, 1.165) is 23.0 Å². The minimum absolute atomic E-state index is 0.0178. The molecule has 3 N–H and O–H groups in total. The fraction of sp³-hybridized carbons (Fsp3) is 0.778. The highest BCUT2D eigenvalue weighted by molar-refractivity contribution is 6.34. The molecule has 99 valence electrons. The van der Waals surface area contributed by atoms with E-state index in [1.807, 2.05) is 0 Å². The van der Waals surface area contributed by atoms with Crippen molar-refractivity contribution in [2.24, 2.45) is 0 Å². The molecule has 6 nitrogen and oxygen atoms in total. The van der Waals surface area contributed by atoms with Crippen LogP contribution in [-0.2, 0) is 13.7 Å². The van der Waals surface area contributed by atoms with E-state index in [2.05, 4.69) is 5.32 Å². The van der Waals surface area contributed by atoms with Crippen molar-refractivity contribution in [3.05, 3.63) is 0 Å². The van der Waals surface area contributed by atoms with Gasteiger partial charge in [-0.25, -0.2) is 0 Å². The third-order valence-corrected chi connectivity index (χ3v) is 4.21. The summed E-state index contributed by atoms with van der Waals surface area (Å²) in [6.45, 7) is 0.641. The highest BCUT2D eigenvalue weighted by Gasteiger charge is 2.16. The molecule has 0 spiro atoms. The molecule has 0 saturated carbocycles. The number of nitrogens with one attached hydrogen (secondary N) is 1. The third-order valence-electron chi connectivity index (χ3n) is 2.24. The highest BCUT2D eigenvalue weighted by atomic mass is 28.3. The van der Waals surface area contributed by atoms with Crippen molar-refractivity contribution in [2.75, 3.05) is 6.54 Å². The van der Waals surface area contributed by atoms with Crippen LogP contribution in [0.15, 0.2) is 0 Å². The lowest BCUT2D eigenvalue weighted by atomic mass is 10.1. The zero-order chi connectivity index (χ0) is 13.1. The zero-order valence-electron chi connectivity index (χ0n) is 10.0. The van der Waals surface area contributed by atoms with E-state index in [1.54, 1.807) is 0 Å². The Morgan fingerprint density at radius 2 is 2.06 bits per heavy atom. The molecule has 0 aromatic rings. The summed E-state index contributed by atoms with van der Waals surface area (Å²) in [5.74, 6) is -1.80. The number of carbonyl (C=O) groups is 2. The van der Waals surface area contributed by atoms with Crippen LogP contribution >= 0.6 is 0 Å². The van der Waals surface area contributed by atoms with E-state index < -0.39 is 18.0 Å². The van der Waals surface area contributed by atoms with Crippen molar-refractivity contribution >= 4 is 32.2 Å². The summed E-state index contributed by atoms with van der Waals surface area (Å²) in [5, 5.41) is 20.3. The number of hydrogen-bond donors (Lipinski definition) is 3. The van der Waals surface area contributed by atoms with Gasteiger partial charge in [0.25, 0.3) is 0 Å². The van der Waals surface area contributed by atoms with Crippen molar-refractivity contribution in [3.8, 4) is 0 Å². The average molecular weight is 278 g/mol. The summed E-state index contributed by atoms with van der Waals surface area (Å²) < 4.78 is 5.10. The molecule has 0 aliphatic heterocycles. The van der Waals surface area contributed by atoms with E-state index in [1.165, 1.54) is 0 Å². The van der Waals surface area contributed by atoms with Gasteiger partial charge in [0.2, 0.25) is 0 Å². The molecule has 0 amide bonds. The summed E-state index contributed by atoms with van der Waals surface area (Å²) in [6.07, 6.45) is 1.66.